The average molecular weight is 414 g/mol. The largest absolute Gasteiger partial charge is 0.366 e. The van der Waals surface area contributed by atoms with Crippen LogP contribution in [0.2, 0.25) is 0 Å². The maximum atomic E-state index is 13.8. The van der Waals surface area contributed by atoms with E-state index in [1.807, 2.05) is 0 Å². The SMILES string of the molecule is O=S(=O)(NCC1CC1)c1ccc(NCc2ccc(Br)cc2F)nc1. The van der Waals surface area contributed by atoms with Gasteiger partial charge in [0.2, 0.25) is 10.0 Å². The smallest absolute Gasteiger partial charge is 0.242 e. The van der Waals surface area contributed by atoms with Gasteiger partial charge in [0.1, 0.15) is 16.5 Å². The lowest BCUT2D eigenvalue weighted by molar-refractivity contribution is 0.577. The van der Waals surface area contributed by atoms with Crippen LogP contribution in [0.15, 0.2) is 45.9 Å². The van der Waals surface area contributed by atoms with Crippen molar-refractivity contribution >= 4 is 31.8 Å². The molecule has 2 aromatic rings. The molecule has 0 spiro atoms. The standard InChI is InChI=1S/C16H17BrFN3O2S/c17-13-4-3-12(15(18)7-13)9-19-16-6-5-14(10-20-16)24(22,23)21-8-11-1-2-11/h3-7,10-11,21H,1-2,8-9H2,(H,19,20). The van der Waals surface area contributed by atoms with Gasteiger partial charge in [0.25, 0.3) is 0 Å². The molecule has 1 aromatic heterocycles. The van der Waals surface area contributed by atoms with Gasteiger partial charge in [0.05, 0.1) is 0 Å². The average Bonchev–Trinajstić information content (AvgIpc) is 3.37. The van der Waals surface area contributed by atoms with Crippen molar-refractivity contribution in [1.29, 1.82) is 0 Å². The van der Waals surface area contributed by atoms with E-state index in [9.17, 15) is 12.8 Å². The predicted molar refractivity (Wildman–Crippen MR) is 93.6 cm³/mol. The molecule has 24 heavy (non-hydrogen) atoms. The van der Waals surface area contributed by atoms with Gasteiger partial charge in [0.15, 0.2) is 0 Å². The van der Waals surface area contributed by atoms with Gasteiger partial charge in [-0.15, -0.1) is 0 Å². The van der Waals surface area contributed by atoms with Gasteiger partial charge >= 0.3 is 0 Å². The van der Waals surface area contributed by atoms with Crippen molar-refractivity contribution in [1.82, 2.24) is 9.71 Å². The van der Waals surface area contributed by atoms with E-state index in [0.717, 1.165) is 12.8 Å². The molecule has 3 rings (SSSR count). The molecule has 0 aliphatic heterocycles. The molecule has 0 saturated heterocycles. The highest BCUT2D eigenvalue weighted by Crippen LogP contribution is 2.28. The van der Waals surface area contributed by atoms with Crippen LogP contribution in [0.3, 0.4) is 0 Å². The van der Waals surface area contributed by atoms with Crippen LogP contribution in [0, 0.1) is 11.7 Å². The number of hydrogen-bond acceptors (Lipinski definition) is 4. The van der Waals surface area contributed by atoms with Crippen molar-refractivity contribution in [3.8, 4) is 0 Å². The van der Waals surface area contributed by atoms with Gasteiger partial charge in [-0.25, -0.2) is 22.5 Å². The van der Waals surface area contributed by atoms with E-state index in [4.69, 9.17) is 0 Å². The number of hydrogen-bond donors (Lipinski definition) is 2. The number of rotatable bonds is 7. The van der Waals surface area contributed by atoms with Gasteiger partial charge in [-0.3, -0.25) is 0 Å². The first-order valence-corrected chi connectivity index (χ1v) is 9.85. The van der Waals surface area contributed by atoms with Crippen LogP contribution in [0.25, 0.3) is 0 Å². The molecule has 0 radical (unpaired) electrons. The lowest BCUT2D eigenvalue weighted by Crippen LogP contribution is -2.25. The minimum atomic E-state index is -3.52. The summed E-state index contributed by atoms with van der Waals surface area (Å²) in [4.78, 5) is 4.22. The highest BCUT2D eigenvalue weighted by molar-refractivity contribution is 9.10. The molecule has 1 saturated carbocycles. The third kappa shape index (κ3) is 4.52. The van der Waals surface area contributed by atoms with Gasteiger partial charge < -0.3 is 5.32 Å². The van der Waals surface area contributed by atoms with Crippen molar-refractivity contribution in [2.24, 2.45) is 5.92 Å². The minimum Gasteiger partial charge on any atom is -0.366 e. The quantitative estimate of drug-likeness (QED) is 0.730. The fourth-order valence-electron chi connectivity index (χ4n) is 2.13. The molecule has 1 aliphatic carbocycles. The van der Waals surface area contributed by atoms with Crippen molar-refractivity contribution in [2.45, 2.75) is 24.3 Å². The Kier molecular flexibility index (Phi) is 5.17. The van der Waals surface area contributed by atoms with Gasteiger partial charge in [-0.2, -0.15) is 0 Å². The molecule has 0 unspecified atom stereocenters. The van der Waals surface area contributed by atoms with E-state index in [2.05, 4.69) is 31.0 Å². The lowest BCUT2D eigenvalue weighted by Gasteiger charge is -2.09. The second kappa shape index (κ2) is 7.16. The molecule has 1 aliphatic rings. The maximum absolute atomic E-state index is 13.8. The Bertz CT molecular complexity index is 824. The summed E-state index contributed by atoms with van der Waals surface area (Å²) in [6, 6.07) is 7.89. The summed E-state index contributed by atoms with van der Waals surface area (Å²) in [6.45, 7) is 0.739. The monoisotopic (exact) mass is 413 g/mol. The van der Waals surface area contributed by atoms with Gasteiger partial charge in [-0.05, 0) is 43.0 Å². The molecule has 1 heterocycles. The lowest BCUT2D eigenvalue weighted by atomic mass is 10.2. The summed E-state index contributed by atoms with van der Waals surface area (Å²) in [5.41, 5.74) is 0.503. The molecule has 0 amide bonds. The van der Waals surface area contributed by atoms with Crippen molar-refractivity contribution in [3.05, 3.63) is 52.4 Å². The third-order valence-electron chi connectivity index (χ3n) is 3.78. The van der Waals surface area contributed by atoms with Crippen molar-refractivity contribution < 1.29 is 12.8 Å². The van der Waals surface area contributed by atoms with Crippen LogP contribution in [0.1, 0.15) is 18.4 Å². The number of benzene rings is 1. The predicted octanol–water partition coefficient (Wildman–Crippen LogP) is 3.28. The van der Waals surface area contributed by atoms with Gasteiger partial charge in [-0.1, -0.05) is 22.0 Å². The molecular formula is C16H17BrFN3O2S. The maximum Gasteiger partial charge on any atom is 0.242 e. The first-order chi connectivity index (χ1) is 11.4. The van der Waals surface area contributed by atoms with E-state index in [1.54, 1.807) is 18.2 Å². The molecule has 0 atom stereocenters. The Morgan fingerprint density at radius 3 is 2.67 bits per heavy atom. The van der Waals surface area contributed by atoms with E-state index < -0.39 is 10.0 Å². The third-order valence-corrected chi connectivity index (χ3v) is 5.68. The molecule has 5 nitrogen and oxygen atoms in total. The molecule has 8 heteroatoms. The summed E-state index contributed by atoms with van der Waals surface area (Å²) >= 11 is 3.21. The second-order valence-corrected chi connectivity index (χ2v) is 8.45. The Labute approximate surface area is 148 Å². The second-order valence-electron chi connectivity index (χ2n) is 5.76. The Morgan fingerprint density at radius 2 is 2.04 bits per heavy atom. The Morgan fingerprint density at radius 1 is 1.25 bits per heavy atom. The van der Waals surface area contributed by atoms with Crippen LogP contribution in [0.5, 0.6) is 0 Å². The summed E-state index contributed by atoms with van der Waals surface area (Å²) in [6.07, 6.45) is 3.46. The molecule has 1 aromatic carbocycles. The molecule has 128 valence electrons. The summed E-state index contributed by atoms with van der Waals surface area (Å²) < 4.78 is 41.2. The molecule has 0 bridgehead atoms. The zero-order valence-corrected chi connectivity index (χ0v) is 15.2. The Balaban J connectivity index is 1.61. The fourth-order valence-corrected chi connectivity index (χ4v) is 3.52. The fraction of sp³-hybridized carbons (Fsp3) is 0.312. The van der Waals surface area contributed by atoms with E-state index in [0.29, 0.717) is 28.3 Å². The van der Waals surface area contributed by atoms with Crippen LogP contribution in [-0.4, -0.2) is 19.9 Å². The normalized spacial score (nSPS) is 14.6. The van der Waals surface area contributed by atoms with Crippen molar-refractivity contribution in [2.75, 3.05) is 11.9 Å². The van der Waals surface area contributed by atoms with Crippen LogP contribution in [0.4, 0.5) is 10.2 Å². The highest BCUT2D eigenvalue weighted by Gasteiger charge is 2.24. The number of sulfonamides is 1. The minimum absolute atomic E-state index is 0.128. The van der Waals surface area contributed by atoms with Crippen LogP contribution in [-0.2, 0) is 16.6 Å². The topological polar surface area (TPSA) is 71.1 Å². The molecular weight excluding hydrogens is 397 g/mol. The van der Waals surface area contributed by atoms with E-state index in [-0.39, 0.29) is 17.3 Å². The number of halogens is 2. The van der Waals surface area contributed by atoms with Crippen LogP contribution < -0.4 is 10.0 Å². The van der Waals surface area contributed by atoms with E-state index >= 15 is 0 Å². The van der Waals surface area contributed by atoms with Crippen molar-refractivity contribution in [3.63, 3.8) is 0 Å². The molecule has 1 fully saturated rings. The van der Waals surface area contributed by atoms with Gasteiger partial charge in [0, 0.05) is 29.3 Å². The summed E-state index contributed by atoms with van der Waals surface area (Å²) in [5.74, 6) is 0.633. The van der Waals surface area contributed by atoms with Crippen LogP contribution >= 0.6 is 15.9 Å². The number of nitrogens with one attached hydrogen (secondary N) is 2. The summed E-state index contributed by atoms with van der Waals surface area (Å²) in [7, 11) is -3.52. The number of nitrogens with zero attached hydrogens (tertiary/aromatic N) is 1. The Hall–Kier alpha value is -1.51. The van der Waals surface area contributed by atoms with E-state index in [1.165, 1.54) is 18.3 Å². The zero-order valence-electron chi connectivity index (χ0n) is 12.8. The summed E-state index contributed by atoms with van der Waals surface area (Å²) in [5, 5.41) is 2.98. The molecule has 2 N–H and O–H groups in total. The first kappa shape index (κ1) is 17.3. The number of pyridine rings is 1. The first-order valence-electron chi connectivity index (χ1n) is 7.57. The number of anilines is 1. The zero-order chi connectivity index (χ0) is 17.2. The highest BCUT2D eigenvalue weighted by atomic mass is 79.9. The number of aromatic nitrogens is 1.